The maximum absolute atomic E-state index is 14.4. The van der Waals surface area contributed by atoms with Crippen molar-refractivity contribution in [3.63, 3.8) is 0 Å². The SMILES string of the molecule is Cc1ccn(-c2ccc(I)cc2[C@@H](Oc2cc(-c3ccc(C[C@H](N)C(=O)O)cc3)nc(N)n2)C(F)(F)F)n1. The van der Waals surface area contributed by atoms with Crippen molar-refractivity contribution in [1.29, 1.82) is 0 Å². The standard InChI is InChI=1S/C25H22F3IN6O3/c1-13-8-9-35(34-13)20-7-6-16(29)11-17(20)22(25(26,27)28)38-21-12-19(32-24(31)33-21)15-4-2-14(3-5-15)10-18(30)23(36)37/h2-9,11-12,18,22H,10,30H2,1H3,(H,36,37)(H2,31,32,33)/t18-,22+/m0/s1. The van der Waals surface area contributed by atoms with Crippen LogP contribution in [0.5, 0.6) is 5.88 Å². The highest BCUT2D eigenvalue weighted by Crippen LogP contribution is 2.40. The molecule has 2 heterocycles. The largest absolute Gasteiger partial charge is 0.480 e. The van der Waals surface area contributed by atoms with Crippen molar-refractivity contribution in [3.8, 4) is 22.8 Å². The van der Waals surface area contributed by atoms with Gasteiger partial charge in [-0.3, -0.25) is 4.79 Å². The Morgan fingerprint density at radius 3 is 2.45 bits per heavy atom. The summed E-state index contributed by atoms with van der Waals surface area (Å²) in [6.45, 7) is 1.73. The van der Waals surface area contributed by atoms with Crippen molar-refractivity contribution in [3.05, 3.63) is 81.2 Å². The van der Waals surface area contributed by atoms with Crippen LogP contribution in [-0.4, -0.2) is 43.0 Å². The summed E-state index contributed by atoms with van der Waals surface area (Å²) in [5.41, 5.74) is 13.5. The van der Waals surface area contributed by atoms with Crippen molar-refractivity contribution < 1.29 is 27.8 Å². The number of rotatable bonds is 8. The van der Waals surface area contributed by atoms with Crippen molar-refractivity contribution in [2.75, 3.05) is 5.73 Å². The van der Waals surface area contributed by atoms with Crippen LogP contribution < -0.4 is 16.2 Å². The van der Waals surface area contributed by atoms with Crippen LogP contribution >= 0.6 is 22.6 Å². The molecule has 5 N–H and O–H groups in total. The molecular formula is C25H22F3IN6O3. The van der Waals surface area contributed by atoms with Gasteiger partial charge in [-0.1, -0.05) is 24.3 Å². The predicted octanol–water partition coefficient (Wildman–Crippen LogP) is 4.46. The van der Waals surface area contributed by atoms with Crippen LogP contribution in [0.4, 0.5) is 19.1 Å². The predicted molar refractivity (Wildman–Crippen MR) is 142 cm³/mol. The van der Waals surface area contributed by atoms with E-state index in [2.05, 4.69) is 15.1 Å². The van der Waals surface area contributed by atoms with Gasteiger partial charge >= 0.3 is 12.1 Å². The van der Waals surface area contributed by atoms with Gasteiger partial charge in [0, 0.05) is 27.0 Å². The van der Waals surface area contributed by atoms with Crippen LogP contribution in [0.15, 0.2) is 60.8 Å². The number of nitrogen functional groups attached to an aromatic ring is 1. The molecule has 9 nitrogen and oxygen atoms in total. The van der Waals surface area contributed by atoms with Gasteiger partial charge in [0.15, 0.2) is 0 Å². The number of carboxylic acids is 1. The number of nitrogens with two attached hydrogens (primary N) is 2. The van der Waals surface area contributed by atoms with E-state index in [9.17, 15) is 18.0 Å². The molecular weight excluding hydrogens is 616 g/mol. The first-order chi connectivity index (χ1) is 17.9. The normalized spacial score (nSPS) is 13.2. The number of hydrogen-bond donors (Lipinski definition) is 3. The van der Waals surface area contributed by atoms with E-state index in [-0.39, 0.29) is 35.2 Å². The second-order valence-electron chi connectivity index (χ2n) is 8.44. The molecule has 0 saturated carbocycles. The summed E-state index contributed by atoms with van der Waals surface area (Å²) < 4.78 is 50.5. The van der Waals surface area contributed by atoms with E-state index in [1.54, 1.807) is 55.6 Å². The Morgan fingerprint density at radius 1 is 1.13 bits per heavy atom. The number of nitrogens with zero attached hydrogens (tertiary/aromatic N) is 4. The second kappa shape index (κ2) is 10.9. The number of carboxylic acid groups (broad SMARTS) is 1. The molecule has 13 heteroatoms. The fourth-order valence-corrected chi connectivity index (χ4v) is 4.24. The molecule has 0 saturated heterocycles. The van der Waals surface area contributed by atoms with Crippen molar-refractivity contribution in [1.82, 2.24) is 19.7 Å². The number of aryl methyl sites for hydroxylation is 1. The van der Waals surface area contributed by atoms with Gasteiger partial charge in [0.25, 0.3) is 0 Å². The molecule has 38 heavy (non-hydrogen) atoms. The topological polar surface area (TPSA) is 142 Å². The number of carbonyl (C=O) groups is 1. The van der Waals surface area contributed by atoms with E-state index in [0.29, 0.717) is 20.4 Å². The molecule has 4 rings (SSSR count). The van der Waals surface area contributed by atoms with Gasteiger partial charge in [0.05, 0.1) is 17.1 Å². The average Bonchev–Trinajstić information content (AvgIpc) is 3.27. The van der Waals surface area contributed by atoms with Gasteiger partial charge in [-0.2, -0.15) is 23.3 Å². The molecule has 0 bridgehead atoms. The summed E-state index contributed by atoms with van der Waals surface area (Å²) in [6, 6.07) is 13.1. The van der Waals surface area contributed by atoms with Crippen LogP contribution in [0.3, 0.4) is 0 Å². The fourth-order valence-electron chi connectivity index (χ4n) is 3.72. The summed E-state index contributed by atoms with van der Waals surface area (Å²) in [5, 5.41) is 13.2. The van der Waals surface area contributed by atoms with E-state index in [4.69, 9.17) is 21.3 Å². The summed E-state index contributed by atoms with van der Waals surface area (Å²) >= 11 is 1.93. The zero-order valence-corrected chi connectivity index (χ0v) is 22.0. The molecule has 0 unspecified atom stereocenters. The van der Waals surface area contributed by atoms with E-state index in [1.165, 1.54) is 16.8 Å². The zero-order valence-electron chi connectivity index (χ0n) is 19.9. The lowest BCUT2D eigenvalue weighted by Gasteiger charge is -2.24. The van der Waals surface area contributed by atoms with Gasteiger partial charge in [0.2, 0.25) is 17.9 Å². The lowest BCUT2D eigenvalue weighted by Crippen LogP contribution is -2.32. The number of anilines is 1. The third-order valence-corrected chi connectivity index (χ3v) is 6.19. The molecule has 0 aliphatic heterocycles. The minimum atomic E-state index is -4.80. The molecule has 0 fully saturated rings. The van der Waals surface area contributed by atoms with Gasteiger partial charge in [-0.25, -0.2) is 9.67 Å². The lowest BCUT2D eigenvalue weighted by molar-refractivity contribution is -0.198. The Morgan fingerprint density at radius 2 is 1.84 bits per heavy atom. The molecule has 2 aromatic heterocycles. The fraction of sp³-hybridized carbons (Fsp3) is 0.200. The Labute approximate surface area is 228 Å². The third-order valence-electron chi connectivity index (χ3n) is 5.52. The van der Waals surface area contributed by atoms with E-state index >= 15 is 0 Å². The average molecular weight is 638 g/mol. The Hall–Kier alpha value is -3.72. The van der Waals surface area contributed by atoms with Crippen molar-refractivity contribution in [2.24, 2.45) is 5.73 Å². The number of hydrogen-bond acceptors (Lipinski definition) is 7. The Balaban J connectivity index is 1.69. The van der Waals surface area contributed by atoms with E-state index in [0.717, 1.165) is 0 Å². The molecule has 0 amide bonds. The second-order valence-corrected chi connectivity index (χ2v) is 9.69. The van der Waals surface area contributed by atoms with E-state index in [1.807, 2.05) is 22.6 Å². The number of halogens is 4. The maximum atomic E-state index is 14.4. The monoisotopic (exact) mass is 638 g/mol. The molecule has 0 radical (unpaired) electrons. The number of ether oxygens (including phenoxy) is 1. The van der Waals surface area contributed by atoms with Gasteiger partial charge < -0.3 is 21.3 Å². The van der Waals surface area contributed by atoms with Crippen LogP contribution in [0.1, 0.15) is 22.9 Å². The highest BCUT2D eigenvalue weighted by Gasteiger charge is 2.45. The summed E-state index contributed by atoms with van der Waals surface area (Å²) in [4.78, 5) is 19.0. The zero-order chi connectivity index (χ0) is 27.6. The highest BCUT2D eigenvalue weighted by molar-refractivity contribution is 14.1. The molecule has 0 aliphatic rings. The minimum Gasteiger partial charge on any atom is -0.480 e. The number of alkyl halides is 3. The van der Waals surface area contributed by atoms with Crippen molar-refractivity contribution >= 4 is 34.5 Å². The maximum Gasteiger partial charge on any atom is 0.429 e. The molecule has 2 aromatic carbocycles. The Kier molecular flexibility index (Phi) is 7.87. The first-order valence-electron chi connectivity index (χ1n) is 11.2. The molecule has 4 aromatic rings. The highest BCUT2D eigenvalue weighted by atomic mass is 127. The number of aliphatic carboxylic acids is 1. The van der Waals surface area contributed by atoms with Crippen LogP contribution in [-0.2, 0) is 11.2 Å². The first kappa shape index (κ1) is 27.3. The minimum absolute atomic E-state index is 0.108. The summed E-state index contributed by atoms with van der Waals surface area (Å²) in [6.07, 6.45) is -5.50. The third kappa shape index (κ3) is 6.39. The summed E-state index contributed by atoms with van der Waals surface area (Å²) in [7, 11) is 0. The van der Waals surface area contributed by atoms with Gasteiger partial charge in [-0.15, -0.1) is 0 Å². The number of benzene rings is 2. The lowest BCUT2D eigenvalue weighted by atomic mass is 10.0. The van der Waals surface area contributed by atoms with Crippen LogP contribution in [0.2, 0.25) is 0 Å². The quantitative estimate of drug-likeness (QED) is 0.240. The molecule has 198 valence electrons. The van der Waals surface area contributed by atoms with Gasteiger partial charge in [0.1, 0.15) is 6.04 Å². The molecule has 0 aliphatic carbocycles. The smallest absolute Gasteiger partial charge is 0.429 e. The van der Waals surface area contributed by atoms with E-state index < -0.39 is 24.3 Å². The first-order valence-corrected chi connectivity index (χ1v) is 12.3. The molecule has 0 spiro atoms. The Bertz CT molecular complexity index is 1460. The number of aromatic nitrogens is 4. The van der Waals surface area contributed by atoms with Gasteiger partial charge in [-0.05, 0) is 65.8 Å². The molecule has 2 atom stereocenters. The van der Waals surface area contributed by atoms with Crippen LogP contribution in [0, 0.1) is 10.5 Å². The summed E-state index contributed by atoms with van der Waals surface area (Å²) in [5.74, 6) is -1.77. The van der Waals surface area contributed by atoms with Crippen molar-refractivity contribution in [2.45, 2.75) is 31.7 Å². The van der Waals surface area contributed by atoms with Crippen LogP contribution in [0.25, 0.3) is 16.9 Å².